The average Bonchev–Trinajstić information content (AvgIpc) is 3.24. The molecule has 8 nitrogen and oxygen atoms in total. The number of amides is 1. The van der Waals surface area contributed by atoms with Gasteiger partial charge in [-0.15, -0.1) is 0 Å². The van der Waals surface area contributed by atoms with Gasteiger partial charge in [-0.1, -0.05) is 28.9 Å². The summed E-state index contributed by atoms with van der Waals surface area (Å²) in [7, 11) is -3.62. The van der Waals surface area contributed by atoms with Crippen molar-refractivity contribution in [3.05, 3.63) is 59.4 Å². The van der Waals surface area contributed by atoms with E-state index >= 15 is 0 Å². The fourth-order valence-electron chi connectivity index (χ4n) is 3.55. The molecule has 0 saturated carbocycles. The van der Waals surface area contributed by atoms with Gasteiger partial charge >= 0.3 is 0 Å². The number of aromatic nitrogens is 2. The summed E-state index contributed by atoms with van der Waals surface area (Å²) in [4.78, 5) is 15.8. The van der Waals surface area contributed by atoms with Crippen LogP contribution in [-0.2, 0) is 14.8 Å². The molecule has 162 valence electrons. The molecule has 3 aromatic rings. The molecule has 0 bridgehead atoms. The summed E-state index contributed by atoms with van der Waals surface area (Å²) in [5.74, 6) is 0.754. The second kappa shape index (κ2) is 8.78. The Kier molecular flexibility index (Phi) is 6.08. The molecular formula is C21H21ClN4O4S. The summed E-state index contributed by atoms with van der Waals surface area (Å²) in [6.45, 7) is 2.11. The summed E-state index contributed by atoms with van der Waals surface area (Å²) in [6, 6.07) is 13.4. The standard InChI is InChI=1S/C21H21ClN4O4S/c1-14(27)23-18-5-7-19(8-6-18)31(28,29)26-11-9-15(10-12-26)21-24-20(25-30-21)16-3-2-4-17(22)13-16/h2-8,13,15H,9-12H2,1H3,(H,23,27). The summed E-state index contributed by atoms with van der Waals surface area (Å²) >= 11 is 6.02. The molecule has 4 rings (SSSR count). The molecule has 1 N–H and O–H groups in total. The summed E-state index contributed by atoms with van der Waals surface area (Å²) in [5.41, 5.74) is 1.32. The first-order chi connectivity index (χ1) is 14.8. The van der Waals surface area contributed by atoms with Crippen molar-refractivity contribution in [2.45, 2.75) is 30.6 Å². The first kappa shape index (κ1) is 21.5. The van der Waals surface area contributed by atoms with Gasteiger partial charge in [-0.25, -0.2) is 8.42 Å². The lowest BCUT2D eigenvalue weighted by Gasteiger charge is -2.29. The van der Waals surface area contributed by atoms with Crippen LogP contribution in [-0.4, -0.2) is 41.9 Å². The number of rotatable bonds is 5. The Morgan fingerprint density at radius 1 is 1.16 bits per heavy atom. The van der Waals surface area contributed by atoms with E-state index in [1.807, 2.05) is 12.1 Å². The largest absolute Gasteiger partial charge is 0.339 e. The van der Waals surface area contributed by atoms with Crippen LogP contribution in [0, 0.1) is 0 Å². The Bertz CT molecular complexity index is 1190. The number of piperidine rings is 1. The van der Waals surface area contributed by atoms with Crippen molar-refractivity contribution >= 4 is 33.2 Å². The minimum Gasteiger partial charge on any atom is -0.339 e. The molecule has 0 atom stereocenters. The molecule has 10 heteroatoms. The Morgan fingerprint density at radius 3 is 2.52 bits per heavy atom. The van der Waals surface area contributed by atoms with E-state index in [-0.39, 0.29) is 16.7 Å². The van der Waals surface area contributed by atoms with Gasteiger partial charge in [0.25, 0.3) is 0 Å². The lowest BCUT2D eigenvalue weighted by atomic mass is 9.98. The van der Waals surface area contributed by atoms with E-state index in [0.29, 0.717) is 48.4 Å². The van der Waals surface area contributed by atoms with Crippen LogP contribution in [0.1, 0.15) is 31.6 Å². The number of anilines is 1. The molecule has 0 radical (unpaired) electrons. The van der Waals surface area contributed by atoms with Gasteiger partial charge < -0.3 is 9.84 Å². The smallest absolute Gasteiger partial charge is 0.243 e. The number of carbonyl (C=O) groups is 1. The predicted octanol–water partition coefficient (Wildman–Crippen LogP) is 3.92. The van der Waals surface area contributed by atoms with Crippen molar-refractivity contribution in [1.29, 1.82) is 0 Å². The van der Waals surface area contributed by atoms with Crippen LogP contribution in [0.2, 0.25) is 5.02 Å². The molecule has 1 aliphatic heterocycles. The van der Waals surface area contributed by atoms with E-state index in [4.69, 9.17) is 16.1 Å². The molecule has 31 heavy (non-hydrogen) atoms. The number of benzene rings is 2. The van der Waals surface area contributed by atoms with Gasteiger partial charge in [0, 0.05) is 42.2 Å². The minimum atomic E-state index is -3.62. The average molecular weight is 461 g/mol. The van der Waals surface area contributed by atoms with Crippen LogP contribution in [0.3, 0.4) is 0 Å². The third kappa shape index (κ3) is 4.79. The van der Waals surface area contributed by atoms with Crippen molar-refractivity contribution in [2.75, 3.05) is 18.4 Å². The molecule has 1 aromatic heterocycles. The van der Waals surface area contributed by atoms with Gasteiger partial charge in [0.1, 0.15) is 0 Å². The van der Waals surface area contributed by atoms with Gasteiger partial charge in [-0.05, 0) is 49.2 Å². The maximum Gasteiger partial charge on any atom is 0.243 e. The molecule has 0 aliphatic carbocycles. The minimum absolute atomic E-state index is 0.00553. The number of carbonyl (C=O) groups excluding carboxylic acids is 1. The lowest BCUT2D eigenvalue weighted by Crippen LogP contribution is -2.37. The lowest BCUT2D eigenvalue weighted by molar-refractivity contribution is -0.114. The van der Waals surface area contributed by atoms with Crippen LogP contribution in [0.15, 0.2) is 57.9 Å². The maximum absolute atomic E-state index is 13.0. The highest BCUT2D eigenvalue weighted by Gasteiger charge is 2.32. The quantitative estimate of drug-likeness (QED) is 0.618. The summed E-state index contributed by atoms with van der Waals surface area (Å²) in [6.07, 6.45) is 1.17. The molecule has 0 unspecified atom stereocenters. The van der Waals surface area contributed by atoms with E-state index in [9.17, 15) is 13.2 Å². The Balaban J connectivity index is 1.42. The molecule has 2 aromatic carbocycles. The Labute approximate surface area is 185 Å². The molecule has 1 aliphatic rings. The zero-order valence-electron chi connectivity index (χ0n) is 16.8. The number of hydrogen-bond donors (Lipinski definition) is 1. The van der Waals surface area contributed by atoms with E-state index < -0.39 is 10.0 Å². The number of nitrogens with one attached hydrogen (secondary N) is 1. The highest BCUT2D eigenvalue weighted by Crippen LogP contribution is 2.31. The molecule has 2 heterocycles. The maximum atomic E-state index is 13.0. The van der Waals surface area contributed by atoms with Crippen molar-refractivity contribution in [3.8, 4) is 11.4 Å². The fraction of sp³-hybridized carbons (Fsp3) is 0.286. The second-order valence-electron chi connectivity index (χ2n) is 7.35. The van der Waals surface area contributed by atoms with Crippen LogP contribution < -0.4 is 5.32 Å². The van der Waals surface area contributed by atoms with Gasteiger partial charge in [-0.3, -0.25) is 4.79 Å². The highest BCUT2D eigenvalue weighted by molar-refractivity contribution is 7.89. The highest BCUT2D eigenvalue weighted by atomic mass is 35.5. The van der Waals surface area contributed by atoms with Crippen molar-refractivity contribution in [3.63, 3.8) is 0 Å². The van der Waals surface area contributed by atoms with Crippen molar-refractivity contribution in [1.82, 2.24) is 14.4 Å². The Morgan fingerprint density at radius 2 is 1.87 bits per heavy atom. The van der Waals surface area contributed by atoms with Gasteiger partial charge in [-0.2, -0.15) is 9.29 Å². The zero-order valence-corrected chi connectivity index (χ0v) is 18.4. The van der Waals surface area contributed by atoms with Crippen molar-refractivity contribution in [2.24, 2.45) is 0 Å². The summed E-state index contributed by atoms with van der Waals surface area (Å²) in [5, 5.41) is 7.26. The van der Waals surface area contributed by atoms with Crippen LogP contribution in [0.5, 0.6) is 0 Å². The third-order valence-electron chi connectivity index (χ3n) is 5.14. The molecule has 1 fully saturated rings. The number of hydrogen-bond acceptors (Lipinski definition) is 6. The summed E-state index contributed by atoms with van der Waals surface area (Å²) < 4.78 is 32.8. The second-order valence-corrected chi connectivity index (χ2v) is 9.72. The first-order valence-electron chi connectivity index (χ1n) is 9.80. The van der Waals surface area contributed by atoms with Crippen LogP contribution >= 0.6 is 11.6 Å². The predicted molar refractivity (Wildman–Crippen MR) is 116 cm³/mol. The Hall–Kier alpha value is -2.75. The molecule has 1 saturated heterocycles. The first-order valence-corrected chi connectivity index (χ1v) is 11.6. The normalized spacial score (nSPS) is 15.7. The van der Waals surface area contributed by atoms with Gasteiger partial charge in [0.15, 0.2) is 0 Å². The number of sulfonamides is 1. The van der Waals surface area contributed by atoms with E-state index in [2.05, 4.69) is 15.5 Å². The number of nitrogens with zero attached hydrogens (tertiary/aromatic N) is 3. The van der Waals surface area contributed by atoms with E-state index in [1.165, 1.54) is 23.4 Å². The zero-order chi connectivity index (χ0) is 22.0. The monoisotopic (exact) mass is 460 g/mol. The third-order valence-corrected chi connectivity index (χ3v) is 7.29. The number of halogens is 1. The van der Waals surface area contributed by atoms with Crippen LogP contribution in [0.25, 0.3) is 11.4 Å². The topological polar surface area (TPSA) is 105 Å². The molecule has 0 spiro atoms. The fourth-order valence-corrected chi connectivity index (χ4v) is 5.21. The molecular weight excluding hydrogens is 440 g/mol. The van der Waals surface area contributed by atoms with Gasteiger partial charge in [0.2, 0.25) is 27.6 Å². The SMILES string of the molecule is CC(=O)Nc1ccc(S(=O)(=O)N2CCC(c3nc(-c4cccc(Cl)c4)no3)CC2)cc1. The van der Waals surface area contributed by atoms with Crippen LogP contribution in [0.4, 0.5) is 5.69 Å². The van der Waals surface area contributed by atoms with E-state index in [1.54, 1.807) is 24.3 Å². The molecule has 1 amide bonds. The van der Waals surface area contributed by atoms with Crippen molar-refractivity contribution < 1.29 is 17.7 Å². The van der Waals surface area contributed by atoms with E-state index in [0.717, 1.165) is 5.56 Å². The van der Waals surface area contributed by atoms with Gasteiger partial charge in [0.05, 0.1) is 4.90 Å².